The van der Waals surface area contributed by atoms with E-state index in [2.05, 4.69) is 20.2 Å². The Hall–Kier alpha value is -1.69. The fourth-order valence-corrected chi connectivity index (χ4v) is 2.30. The fraction of sp³-hybridized carbons (Fsp3) is 0.615. The summed E-state index contributed by atoms with van der Waals surface area (Å²) in [6, 6.07) is 1.90. The number of esters is 1. The zero-order valence-electron chi connectivity index (χ0n) is 11.4. The number of hydrogen-bond donors (Lipinski definition) is 1. The van der Waals surface area contributed by atoms with Gasteiger partial charge in [0.05, 0.1) is 7.11 Å². The highest BCUT2D eigenvalue weighted by atomic mass is 16.5. The Kier molecular flexibility index (Phi) is 4.68. The van der Waals surface area contributed by atoms with Crippen LogP contribution in [0.4, 0.5) is 5.95 Å². The Morgan fingerprint density at radius 2 is 2.05 bits per heavy atom. The largest absolute Gasteiger partial charge is 0.468 e. The zero-order chi connectivity index (χ0) is 13.7. The first kappa shape index (κ1) is 13.7. The number of anilines is 1. The number of methoxy groups -OCH3 is 1. The van der Waals surface area contributed by atoms with Crippen LogP contribution in [0, 0.1) is 0 Å². The van der Waals surface area contributed by atoms with Gasteiger partial charge in [0.15, 0.2) is 0 Å². The van der Waals surface area contributed by atoms with E-state index in [1.165, 1.54) is 7.11 Å². The predicted molar refractivity (Wildman–Crippen MR) is 71.9 cm³/mol. The van der Waals surface area contributed by atoms with Crippen molar-refractivity contribution in [1.82, 2.24) is 15.3 Å². The molecule has 6 nitrogen and oxygen atoms in total. The monoisotopic (exact) mass is 264 g/mol. The van der Waals surface area contributed by atoms with Crippen LogP contribution in [0.25, 0.3) is 0 Å². The van der Waals surface area contributed by atoms with E-state index in [9.17, 15) is 4.79 Å². The summed E-state index contributed by atoms with van der Waals surface area (Å²) in [6.45, 7) is 3.63. The molecule has 1 aromatic rings. The van der Waals surface area contributed by atoms with Gasteiger partial charge >= 0.3 is 5.97 Å². The maximum absolute atomic E-state index is 11.4. The third-order valence-corrected chi connectivity index (χ3v) is 3.37. The standard InChI is InChI=1S/C13H20N4O2/c1-10(12(18)19-2)16-11-4-8-17(9-5-11)13-14-6-3-7-15-13/h3,6-7,10-11,16H,4-5,8-9H2,1-2H3. The molecule has 1 aromatic heterocycles. The Bertz CT molecular complexity index is 404. The molecule has 6 heteroatoms. The highest BCUT2D eigenvalue weighted by Gasteiger charge is 2.24. The molecule has 1 N–H and O–H groups in total. The van der Waals surface area contributed by atoms with Crippen molar-refractivity contribution < 1.29 is 9.53 Å². The van der Waals surface area contributed by atoms with Gasteiger partial charge in [-0.15, -0.1) is 0 Å². The van der Waals surface area contributed by atoms with Gasteiger partial charge in [-0.25, -0.2) is 9.97 Å². The van der Waals surface area contributed by atoms with Crippen LogP contribution in [0.2, 0.25) is 0 Å². The van der Waals surface area contributed by atoms with Crippen molar-refractivity contribution in [2.45, 2.75) is 31.8 Å². The van der Waals surface area contributed by atoms with Crippen LogP contribution in [-0.2, 0) is 9.53 Å². The maximum Gasteiger partial charge on any atom is 0.322 e. The Morgan fingerprint density at radius 1 is 1.42 bits per heavy atom. The molecule has 0 spiro atoms. The van der Waals surface area contributed by atoms with Crippen LogP contribution in [0.3, 0.4) is 0 Å². The van der Waals surface area contributed by atoms with Crippen LogP contribution in [0.5, 0.6) is 0 Å². The average Bonchev–Trinajstić information content (AvgIpc) is 2.48. The summed E-state index contributed by atoms with van der Waals surface area (Å²) in [7, 11) is 1.41. The van der Waals surface area contributed by atoms with Gasteiger partial charge in [-0.05, 0) is 25.8 Å². The first-order valence-electron chi connectivity index (χ1n) is 6.56. The number of carbonyl (C=O) groups is 1. The molecule has 2 rings (SSSR count). The molecule has 0 radical (unpaired) electrons. The molecular formula is C13H20N4O2. The highest BCUT2D eigenvalue weighted by Crippen LogP contribution is 2.15. The topological polar surface area (TPSA) is 67.3 Å². The SMILES string of the molecule is COC(=O)C(C)NC1CCN(c2ncccn2)CC1. The fourth-order valence-electron chi connectivity index (χ4n) is 2.30. The van der Waals surface area contributed by atoms with E-state index in [4.69, 9.17) is 4.74 Å². The van der Waals surface area contributed by atoms with Crippen molar-refractivity contribution in [3.63, 3.8) is 0 Å². The lowest BCUT2D eigenvalue weighted by molar-refractivity contribution is -0.142. The van der Waals surface area contributed by atoms with Gasteiger partial charge in [-0.2, -0.15) is 0 Å². The van der Waals surface area contributed by atoms with Gasteiger partial charge in [0.25, 0.3) is 0 Å². The molecule has 0 aliphatic carbocycles. The third kappa shape index (κ3) is 3.64. The molecule has 104 valence electrons. The van der Waals surface area contributed by atoms with Crippen molar-refractivity contribution in [3.8, 4) is 0 Å². The number of hydrogen-bond acceptors (Lipinski definition) is 6. The number of ether oxygens (including phenoxy) is 1. The first-order chi connectivity index (χ1) is 9.20. The van der Waals surface area contributed by atoms with E-state index in [1.807, 2.05) is 13.0 Å². The Balaban J connectivity index is 1.81. The lowest BCUT2D eigenvalue weighted by Gasteiger charge is -2.33. The van der Waals surface area contributed by atoms with Gasteiger partial charge in [0, 0.05) is 31.5 Å². The summed E-state index contributed by atoms with van der Waals surface area (Å²) in [5.74, 6) is 0.566. The lowest BCUT2D eigenvalue weighted by Crippen LogP contribution is -2.48. The molecule has 19 heavy (non-hydrogen) atoms. The van der Waals surface area contributed by atoms with Gasteiger partial charge in [0.2, 0.25) is 5.95 Å². The minimum absolute atomic E-state index is 0.214. The van der Waals surface area contributed by atoms with Crippen molar-refractivity contribution in [1.29, 1.82) is 0 Å². The molecular weight excluding hydrogens is 244 g/mol. The highest BCUT2D eigenvalue weighted by molar-refractivity contribution is 5.75. The molecule has 2 heterocycles. The minimum Gasteiger partial charge on any atom is -0.468 e. The number of nitrogens with zero attached hydrogens (tertiary/aromatic N) is 3. The van der Waals surface area contributed by atoms with Crippen LogP contribution in [-0.4, -0.2) is 48.2 Å². The number of carbonyl (C=O) groups excluding carboxylic acids is 1. The van der Waals surface area contributed by atoms with E-state index in [0.717, 1.165) is 31.9 Å². The molecule has 1 aliphatic heterocycles. The normalized spacial score (nSPS) is 18.1. The summed E-state index contributed by atoms with van der Waals surface area (Å²) < 4.78 is 4.71. The molecule has 1 saturated heterocycles. The maximum atomic E-state index is 11.4. The molecule has 0 aromatic carbocycles. The van der Waals surface area contributed by atoms with E-state index in [0.29, 0.717) is 6.04 Å². The second-order valence-electron chi connectivity index (χ2n) is 4.72. The summed E-state index contributed by atoms with van der Waals surface area (Å²) >= 11 is 0. The lowest BCUT2D eigenvalue weighted by atomic mass is 10.0. The van der Waals surface area contributed by atoms with Crippen molar-refractivity contribution in [2.75, 3.05) is 25.1 Å². The molecule has 0 saturated carbocycles. The smallest absolute Gasteiger partial charge is 0.322 e. The van der Waals surface area contributed by atoms with Gasteiger partial charge < -0.3 is 15.0 Å². The number of nitrogens with one attached hydrogen (secondary N) is 1. The van der Waals surface area contributed by atoms with Crippen molar-refractivity contribution in [2.24, 2.45) is 0 Å². The van der Waals surface area contributed by atoms with E-state index >= 15 is 0 Å². The van der Waals surface area contributed by atoms with Crippen molar-refractivity contribution >= 4 is 11.9 Å². The molecule has 1 atom stereocenters. The molecule has 1 fully saturated rings. The third-order valence-electron chi connectivity index (χ3n) is 3.37. The van der Waals surface area contributed by atoms with Crippen LogP contribution >= 0.6 is 0 Å². The summed E-state index contributed by atoms with van der Waals surface area (Å²) in [5.41, 5.74) is 0. The van der Waals surface area contributed by atoms with E-state index in [-0.39, 0.29) is 12.0 Å². The number of piperidine rings is 1. The molecule has 0 bridgehead atoms. The van der Waals surface area contributed by atoms with E-state index in [1.54, 1.807) is 12.4 Å². The van der Waals surface area contributed by atoms with Gasteiger partial charge in [-0.3, -0.25) is 4.79 Å². The quantitative estimate of drug-likeness (QED) is 0.803. The van der Waals surface area contributed by atoms with Crippen LogP contribution in [0.1, 0.15) is 19.8 Å². The average molecular weight is 264 g/mol. The summed E-state index contributed by atoms with van der Waals surface area (Å²) in [4.78, 5) is 22.0. The van der Waals surface area contributed by atoms with Gasteiger partial charge in [0.1, 0.15) is 6.04 Å². The van der Waals surface area contributed by atoms with Crippen LogP contribution < -0.4 is 10.2 Å². The Morgan fingerprint density at radius 3 is 2.63 bits per heavy atom. The molecule has 1 aliphatic rings. The minimum atomic E-state index is -0.255. The van der Waals surface area contributed by atoms with Crippen molar-refractivity contribution in [3.05, 3.63) is 18.5 Å². The predicted octanol–water partition coefficient (Wildman–Crippen LogP) is 0.596. The zero-order valence-corrected chi connectivity index (χ0v) is 11.4. The van der Waals surface area contributed by atoms with Crippen LogP contribution in [0.15, 0.2) is 18.5 Å². The second-order valence-corrected chi connectivity index (χ2v) is 4.72. The number of rotatable bonds is 4. The molecule has 1 unspecified atom stereocenters. The molecule has 0 amide bonds. The summed E-state index contributed by atoms with van der Waals surface area (Å²) in [5, 5.41) is 3.30. The van der Waals surface area contributed by atoms with Gasteiger partial charge in [-0.1, -0.05) is 0 Å². The Labute approximate surface area is 113 Å². The summed E-state index contributed by atoms with van der Waals surface area (Å²) in [6.07, 6.45) is 5.46. The second kappa shape index (κ2) is 6.47. The first-order valence-corrected chi connectivity index (χ1v) is 6.56. The van der Waals surface area contributed by atoms with E-state index < -0.39 is 0 Å². The number of aromatic nitrogens is 2.